The Balaban J connectivity index is 0.00000133. The number of aliphatic hydroxyl groups is 1. The number of ether oxygens (including phenoxy) is 1. The van der Waals surface area contributed by atoms with Crippen molar-refractivity contribution in [3.8, 4) is 5.75 Å². The third kappa shape index (κ3) is 2.45. The van der Waals surface area contributed by atoms with E-state index in [1.54, 1.807) is 12.1 Å². The monoisotopic (exact) mass is 303 g/mol. The number of hydrogen-bond acceptors (Lipinski definition) is 3. The molecule has 1 aromatic carbocycles. The first-order valence-electron chi connectivity index (χ1n) is 6.54. The van der Waals surface area contributed by atoms with Crippen LogP contribution in [0, 0.1) is 0 Å². The summed E-state index contributed by atoms with van der Waals surface area (Å²) >= 11 is 5.96. The fourth-order valence-corrected chi connectivity index (χ4v) is 3.38. The molecule has 0 amide bonds. The normalized spacial score (nSPS) is 28.2. The minimum absolute atomic E-state index is 0. The molecule has 1 aromatic rings. The zero-order chi connectivity index (χ0) is 12.8. The minimum atomic E-state index is -0.689. The van der Waals surface area contributed by atoms with Gasteiger partial charge in [0.15, 0.2) is 0 Å². The van der Waals surface area contributed by atoms with Gasteiger partial charge in [0.25, 0.3) is 0 Å². The van der Waals surface area contributed by atoms with E-state index in [1.165, 1.54) is 6.42 Å². The Morgan fingerprint density at radius 2 is 1.95 bits per heavy atom. The van der Waals surface area contributed by atoms with Crippen LogP contribution in [0.25, 0.3) is 0 Å². The molecule has 19 heavy (non-hydrogen) atoms. The van der Waals surface area contributed by atoms with Crippen LogP contribution in [-0.4, -0.2) is 16.7 Å². The number of fused-ring (bicyclic) bond motifs is 1. The molecule has 106 valence electrons. The number of halogens is 2. The van der Waals surface area contributed by atoms with Gasteiger partial charge in [-0.3, -0.25) is 0 Å². The third-order valence-electron chi connectivity index (χ3n) is 4.25. The van der Waals surface area contributed by atoms with E-state index in [4.69, 9.17) is 22.1 Å². The van der Waals surface area contributed by atoms with Crippen LogP contribution < -0.4 is 10.5 Å². The Hall–Kier alpha value is -0.480. The topological polar surface area (TPSA) is 55.5 Å². The van der Waals surface area contributed by atoms with Crippen LogP contribution in [0.3, 0.4) is 0 Å². The summed E-state index contributed by atoms with van der Waals surface area (Å²) in [6, 6.07) is 5.00. The highest BCUT2D eigenvalue weighted by molar-refractivity contribution is 6.30. The molecular weight excluding hydrogens is 285 g/mol. The molecule has 1 heterocycles. The zero-order valence-corrected chi connectivity index (χ0v) is 12.2. The lowest BCUT2D eigenvalue weighted by atomic mass is 9.74. The Morgan fingerprint density at radius 1 is 1.26 bits per heavy atom. The number of rotatable bonds is 0. The lowest BCUT2D eigenvalue weighted by molar-refractivity contribution is -0.0581. The van der Waals surface area contributed by atoms with Gasteiger partial charge in [-0.25, -0.2) is 0 Å². The smallest absolute Gasteiger partial charge is 0.127 e. The summed E-state index contributed by atoms with van der Waals surface area (Å²) < 4.78 is 6.15. The van der Waals surface area contributed by atoms with E-state index in [9.17, 15) is 5.11 Å². The van der Waals surface area contributed by atoms with E-state index in [-0.39, 0.29) is 18.4 Å². The average molecular weight is 304 g/mol. The standard InChI is InChI=1S/C14H18ClNO2.ClH/c15-9-4-5-11-10(8-9)12(17)13(16)14(18-11)6-2-1-3-7-14;/h4-5,8,12-13,17H,1-3,6-7,16H2;1H. The van der Waals surface area contributed by atoms with Gasteiger partial charge in [-0.15, -0.1) is 12.4 Å². The van der Waals surface area contributed by atoms with Crippen LogP contribution in [0.5, 0.6) is 5.75 Å². The summed E-state index contributed by atoms with van der Waals surface area (Å²) in [7, 11) is 0. The van der Waals surface area contributed by atoms with Crippen LogP contribution >= 0.6 is 24.0 Å². The van der Waals surface area contributed by atoms with Gasteiger partial charge >= 0.3 is 0 Å². The highest BCUT2D eigenvalue weighted by Crippen LogP contribution is 2.45. The molecule has 2 atom stereocenters. The molecule has 2 unspecified atom stereocenters. The van der Waals surface area contributed by atoms with Gasteiger partial charge in [0.2, 0.25) is 0 Å². The summed E-state index contributed by atoms with van der Waals surface area (Å²) in [5.74, 6) is 0.732. The second-order valence-electron chi connectivity index (χ2n) is 5.38. The van der Waals surface area contributed by atoms with Crippen molar-refractivity contribution in [2.24, 2.45) is 5.73 Å². The molecular formula is C14H19Cl2NO2. The molecule has 1 fully saturated rings. The van der Waals surface area contributed by atoms with Crippen molar-refractivity contribution in [1.29, 1.82) is 0 Å². The predicted octanol–water partition coefficient (Wildman–Crippen LogP) is 3.22. The van der Waals surface area contributed by atoms with Gasteiger partial charge in [0.05, 0.1) is 6.04 Å². The van der Waals surface area contributed by atoms with Gasteiger partial charge in [-0.05, 0) is 43.9 Å². The quantitative estimate of drug-likeness (QED) is 0.774. The van der Waals surface area contributed by atoms with Gasteiger partial charge < -0.3 is 15.6 Å². The SMILES string of the molecule is Cl.NC1C(O)c2cc(Cl)ccc2OC12CCCCC2. The molecule has 0 aromatic heterocycles. The Labute approximate surface area is 124 Å². The molecule has 0 bridgehead atoms. The van der Waals surface area contributed by atoms with Crippen molar-refractivity contribution < 1.29 is 9.84 Å². The van der Waals surface area contributed by atoms with E-state index in [1.807, 2.05) is 6.07 Å². The number of nitrogens with two attached hydrogens (primary N) is 1. The van der Waals surface area contributed by atoms with E-state index in [0.717, 1.165) is 31.4 Å². The lowest BCUT2D eigenvalue weighted by Gasteiger charge is -2.47. The molecule has 1 aliphatic heterocycles. The molecule has 3 nitrogen and oxygen atoms in total. The fraction of sp³-hybridized carbons (Fsp3) is 0.571. The predicted molar refractivity (Wildman–Crippen MR) is 78.1 cm³/mol. The molecule has 1 saturated carbocycles. The maximum absolute atomic E-state index is 10.4. The highest BCUT2D eigenvalue weighted by atomic mass is 35.5. The Morgan fingerprint density at radius 3 is 2.63 bits per heavy atom. The van der Waals surface area contributed by atoms with E-state index >= 15 is 0 Å². The molecule has 0 saturated heterocycles. The van der Waals surface area contributed by atoms with Crippen molar-refractivity contribution in [3.05, 3.63) is 28.8 Å². The molecule has 1 spiro atoms. The van der Waals surface area contributed by atoms with Gasteiger partial charge in [-0.1, -0.05) is 18.0 Å². The van der Waals surface area contributed by atoms with Crippen molar-refractivity contribution >= 4 is 24.0 Å². The van der Waals surface area contributed by atoms with Crippen LogP contribution in [0.1, 0.15) is 43.8 Å². The van der Waals surface area contributed by atoms with Crippen molar-refractivity contribution in [2.75, 3.05) is 0 Å². The van der Waals surface area contributed by atoms with Crippen LogP contribution in [0.2, 0.25) is 5.02 Å². The maximum atomic E-state index is 10.4. The first-order valence-corrected chi connectivity index (χ1v) is 6.92. The second kappa shape index (κ2) is 5.49. The largest absolute Gasteiger partial charge is 0.485 e. The first kappa shape index (κ1) is 14.9. The maximum Gasteiger partial charge on any atom is 0.127 e. The molecule has 1 aliphatic carbocycles. The summed E-state index contributed by atoms with van der Waals surface area (Å²) in [6.45, 7) is 0. The van der Waals surface area contributed by atoms with Gasteiger partial charge in [-0.2, -0.15) is 0 Å². The summed E-state index contributed by atoms with van der Waals surface area (Å²) in [4.78, 5) is 0. The molecule has 0 radical (unpaired) electrons. The number of hydrogen-bond donors (Lipinski definition) is 2. The first-order chi connectivity index (χ1) is 8.62. The minimum Gasteiger partial charge on any atom is -0.485 e. The lowest BCUT2D eigenvalue weighted by Crippen LogP contribution is -2.58. The van der Waals surface area contributed by atoms with Crippen LogP contribution in [-0.2, 0) is 0 Å². The fourth-order valence-electron chi connectivity index (χ4n) is 3.20. The molecule has 2 aliphatic rings. The van der Waals surface area contributed by atoms with E-state index < -0.39 is 11.7 Å². The van der Waals surface area contributed by atoms with Crippen LogP contribution in [0.4, 0.5) is 0 Å². The summed E-state index contributed by atoms with van der Waals surface area (Å²) in [5, 5.41) is 11.0. The number of aliphatic hydroxyl groups excluding tert-OH is 1. The Kier molecular flexibility index (Phi) is 4.31. The van der Waals surface area contributed by atoms with Crippen molar-refractivity contribution in [2.45, 2.75) is 49.9 Å². The molecule has 5 heteroatoms. The molecule has 3 N–H and O–H groups in total. The summed E-state index contributed by atoms with van der Waals surface area (Å²) in [5.41, 5.74) is 6.56. The van der Waals surface area contributed by atoms with Crippen molar-refractivity contribution in [3.63, 3.8) is 0 Å². The van der Waals surface area contributed by atoms with Crippen molar-refractivity contribution in [1.82, 2.24) is 0 Å². The Bertz CT molecular complexity index is 461. The number of benzene rings is 1. The van der Waals surface area contributed by atoms with Gasteiger partial charge in [0, 0.05) is 10.6 Å². The zero-order valence-electron chi connectivity index (χ0n) is 10.6. The third-order valence-corrected chi connectivity index (χ3v) is 4.49. The van der Waals surface area contributed by atoms with Crippen LogP contribution in [0.15, 0.2) is 18.2 Å². The molecule has 3 rings (SSSR count). The van der Waals surface area contributed by atoms with Gasteiger partial charge in [0.1, 0.15) is 17.5 Å². The second-order valence-corrected chi connectivity index (χ2v) is 5.82. The average Bonchev–Trinajstić information content (AvgIpc) is 2.39. The summed E-state index contributed by atoms with van der Waals surface area (Å²) in [6.07, 6.45) is 4.61. The van der Waals surface area contributed by atoms with E-state index in [2.05, 4.69) is 0 Å². The van der Waals surface area contributed by atoms with E-state index in [0.29, 0.717) is 10.6 Å². The highest BCUT2D eigenvalue weighted by Gasteiger charge is 2.48.